The minimum absolute atomic E-state index is 0.101. The molecule has 1 N–H and O–H groups in total. The molecule has 2 atom stereocenters. The lowest BCUT2D eigenvalue weighted by molar-refractivity contribution is -0.119. The molecule has 0 saturated carbocycles. The van der Waals surface area contributed by atoms with E-state index in [9.17, 15) is 4.79 Å². The van der Waals surface area contributed by atoms with E-state index in [0.717, 1.165) is 25.8 Å². The zero-order valence-corrected chi connectivity index (χ0v) is 15.0. The highest BCUT2D eigenvalue weighted by Crippen LogP contribution is 2.56. The third kappa shape index (κ3) is 2.85. The van der Waals surface area contributed by atoms with E-state index < -0.39 is 0 Å². The standard InChI is InChI=1S/C19H27NOS/c1-12(21)17-15-10-19(2,3)9-8-16(15)22-18(17)14-7-5-6-13(14)11-20-4/h5,7,17-18,20H,6,8-11H2,1-4H3. The van der Waals surface area contributed by atoms with E-state index in [4.69, 9.17) is 0 Å². The van der Waals surface area contributed by atoms with Gasteiger partial charge in [0.25, 0.3) is 0 Å². The third-order valence-electron chi connectivity index (χ3n) is 5.21. The predicted molar refractivity (Wildman–Crippen MR) is 94.9 cm³/mol. The second-order valence-corrected chi connectivity index (χ2v) is 8.85. The van der Waals surface area contributed by atoms with E-state index in [1.165, 1.54) is 28.0 Å². The number of thioether (sulfide) groups is 1. The predicted octanol–water partition coefficient (Wildman–Crippen LogP) is 4.25. The molecule has 2 unspecified atom stereocenters. The number of carbonyl (C=O) groups excluding carboxylic acids is 1. The van der Waals surface area contributed by atoms with Gasteiger partial charge < -0.3 is 5.32 Å². The number of carbonyl (C=O) groups is 1. The van der Waals surface area contributed by atoms with Gasteiger partial charge in [0.1, 0.15) is 5.78 Å². The summed E-state index contributed by atoms with van der Waals surface area (Å²) < 4.78 is 0. The van der Waals surface area contributed by atoms with Gasteiger partial charge in [-0.3, -0.25) is 4.79 Å². The van der Waals surface area contributed by atoms with Crippen molar-refractivity contribution in [1.82, 2.24) is 5.32 Å². The fourth-order valence-corrected chi connectivity index (χ4v) is 5.83. The van der Waals surface area contributed by atoms with Crippen LogP contribution < -0.4 is 5.32 Å². The minimum Gasteiger partial charge on any atom is -0.316 e. The van der Waals surface area contributed by atoms with E-state index in [1.54, 1.807) is 6.92 Å². The largest absolute Gasteiger partial charge is 0.316 e. The number of allylic oxidation sites excluding steroid dienone is 4. The number of hydrogen-bond donors (Lipinski definition) is 1. The van der Waals surface area contributed by atoms with Crippen molar-refractivity contribution in [3.8, 4) is 0 Å². The summed E-state index contributed by atoms with van der Waals surface area (Å²) in [6.45, 7) is 7.40. The van der Waals surface area contributed by atoms with E-state index in [2.05, 4.69) is 31.3 Å². The molecule has 120 valence electrons. The van der Waals surface area contributed by atoms with Gasteiger partial charge in [0, 0.05) is 11.8 Å². The van der Waals surface area contributed by atoms with Crippen LogP contribution in [0.3, 0.4) is 0 Å². The summed E-state index contributed by atoms with van der Waals surface area (Å²) in [5.74, 6) is 0.445. The number of nitrogens with one attached hydrogen (secondary N) is 1. The fourth-order valence-electron chi connectivity index (χ4n) is 4.09. The Bertz CT molecular complexity index is 582. The Morgan fingerprint density at radius 2 is 2.23 bits per heavy atom. The van der Waals surface area contributed by atoms with Gasteiger partial charge in [-0.15, -0.1) is 11.8 Å². The Balaban J connectivity index is 1.94. The van der Waals surface area contributed by atoms with Gasteiger partial charge in [-0.2, -0.15) is 0 Å². The molecule has 22 heavy (non-hydrogen) atoms. The van der Waals surface area contributed by atoms with Crippen molar-refractivity contribution in [2.75, 3.05) is 13.6 Å². The normalized spacial score (nSPS) is 30.2. The molecule has 1 aliphatic heterocycles. The summed E-state index contributed by atoms with van der Waals surface area (Å²) in [6, 6.07) is 0. The van der Waals surface area contributed by atoms with Gasteiger partial charge in [0.2, 0.25) is 0 Å². The second kappa shape index (κ2) is 6.01. The topological polar surface area (TPSA) is 29.1 Å². The molecule has 3 aliphatic rings. The molecule has 0 spiro atoms. The van der Waals surface area contributed by atoms with Crippen molar-refractivity contribution in [2.45, 2.75) is 51.7 Å². The zero-order chi connectivity index (χ0) is 15.9. The van der Waals surface area contributed by atoms with E-state index >= 15 is 0 Å². The fraction of sp³-hybridized carbons (Fsp3) is 0.632. The van der Waals surface area contributed by atoms with Crippen LogP contribution in [0.15, 0.2) is 33.8 Å². The molecular weight excluding hydrogens is 290 g/mol. The highest BCUT2D eigenvalue weighted by atomic mass is 32.2. The van der Waals surface area contributed by atoms with Crippen LogP contribution in [-0.2, 0) is 4.79 Å². The smallest absolute Gasteiger partial charge is 0.138 e. The molecule has 0 aromatic carbocycles. The minimum atomic E-state index is 0.101. The highest BCUT2D eigenvalue weighted by molar-refractivity contribution is 8.04. The van der Waals surface area contributed by atoms with Crippen LogP contribution in [-0.4, -0.2) is 24.6 Å². The van der Waals surface area contributed by atoms with Gasteiger partial charge in [0.05, 0.1) is 5.92 Å². The first-order valence-corrected chi connectivity index (χ1v) is 9.23. The summed E-state index contributed by atoms with van der Waals surface area (Å²) in [5.41, 5.74) is 4.67. The maximum Gasteiger partial charge on any atom is 0.138 e. The van der Waals surface area contributed by atoms with Crippen LogP contribution >= 0.6 is 11.8 Å². The van der Waals surface area contributed by atoms with Crippen molar-refractivity contribution in [1.29, 1.82) is 0 Å². The number of rotatable bonds is 4. The Morgan fingerprint density at radius 3 is 2.91 bits per heavy atom. The molecule has 0 fully saturated rings. The number of ketones is 1. The van der Waals surface area contributed by atoms with Crippen LogP contribution in [0.2, 0.25) is 0 Å². The quantitative estimate of drug-likeness (QED) is 0.840. The van der Waals surface area contributed by atoms with E-state index in [1.807, 2.05) is 18.8 Å². The molecule has 1 heterocycles. The van der Waals surface area contributed by atoms with Gasteiger partial charge in [-0.1, -0.05) is 26.0 Å². The average molecular weight is 317 g/mol. The first kappa shape index (κ1) is 16.1. The molecule has 0 aromatic rings. The van der Waals surface area contributed by atoms with Crippen molar-refractivity contribution >= 4 is 17.5 Å². The van der Waals surface area contributed by atoms with Gasteiger partial charge in [0.15, 0.2) is 0 Å². The second-order valence-electron chi connectivity index (χ2n) is 7.61. The van der Waals surface area contributed by atoms with Crippen molar-refractivity contribution < 1.29 is 4.79 Å². The van der Waals surface area contributed by atoms with Gasteiger partial charge in [-0.25, -0.2) is 0 Å². The summed E-state index contributed by atoms with van der Waals surface area (Å²) in [4.78, 5) is 13.9. The van der Waals surface area contributed by atoms with Crippen molar-refractivity contribution in [3.63, 3.8) is 0 Å². The van der Waals surface area contributed by atoms with Crippen LogP contribution in [0.5, 0.6) is 0 Å². The van der Waals surface area contributed by atoms with Gasteiger partial charge in [-0.05, 0) is 66.7 Å². The molecular formula is C19H27NOS. The summed E-state index contributed by atoms with van der Waals surface area (Å²) in [7, 11) is 2.00. The van der Waals surface area contributed by atoms with Crippen LogP contribution in [0.25, 0.3) is 0 Å². The molecule has 2 aliphatic carbocycles. The van der Waals surface area contributed by atoms with Crippen LogP contribution in [0, 0.1) is 11.3 Å². The Kier molecular flexibility index (Phi) is 4.39. The molecule has 3 heteroatoms. The Morgan fingerprint density at radius 1 is 1.45 bits per heavy atom. The van der Waals surface area contributed by atoms with E-state index in [0.29, 0.717) is 16.4 Å². The molecule has 0 bridgehead atoms. The van der Waals surface area contributed by atoms with E-state index in [-0.39, 0.29) is 5.92 Å². The molecule has 3 rings (SSSR count). The summed E-state index contributed by atoms with van der Waals surface area (Å²) >= 11 is 1.98. The molecule has 2 nitrogen and oxygen atoms in total. The lowest BCUT2D eigenvalue weighted by Gasteiger charge is -2.32. The molecule has 0 aromatic heterocycles. The number of Topliss-reactive ketones (excluding diaryl/α,β-unsaturated/α-hetero) is 1. The lowest BCUT2D eigenvalue weighted by Crippen LogP contribution is -2.28. The number of likely N-dealkylation sites (N-methyl/N-ethyl adjacent to an activating group) is 1. The van der Waals surface area contributed by atoms with Gasteiger partial charge >= 0.3 is 0 Å². The van der Waals surface area contributed by atoms with Crippen molar-refractivity contribution in [3.05, 3.63) is 33.8 Å². The summed E-state index contributed by atoms with van der Waals surface area (Å²) in [6.07, 6.45) is 9.05. The first-order chi connectivity index (χ1) is 10.4. The highest BCUT2D eigenvalue weighted by Gasteiger charge is 2.44. The molecule has 0 amide bonds. The maximum absolute atomic E-state index is 12.4. The number of hydrogen-bond acceptors (Lipinski definition) is 3. The third-order valence-corrected chi connectivity index (χ3v) is 6.74. The lowest BCUT2D eigenvalue weighted by atomic mass is 9.72. The molecule has 0 saturated heterocycles. The zero-order valence-electron chi connectivity index (χ0n) is 14.2. The average Bonchev–Trinajstić information content (AvgIpc) is 3.01. The summed E-state index contributed by atoms with van der Waals surface area (Å²) in [5, 5.41) is 3.60. The Labute approximate surface area is 138 Å². The van der Waals surface area contributed by atoms with Crippen molar-refractivity contribution in [2.24, 2.45) is 11.3 Å². The van der Waals surface area contributed by atoms with Crippen LogP contribution in [0.4, 0.5) is 0 Å². The SMILES string of the molecule is CNCC1=C(C2SC3=C(CC(C)(C)CC3)C2C(C)=O)C=CC1. The monoisotopic (exact) mass is 317 g/mol. The molecule has 0 radical (unpaired) electrons. The maximum atomic E-state index is 12.4. The first-order valence-electron chi connectivity index (χ1n) is 8.35. The Hall–Kier alpha value is -0.800. The van der Waals surface area contributed by atoms with Crippen LogP contribution in [0.1, 0.15) is 46.5 Å².